The van der Waals surface area contributed by atoms with Crippen molar-refractivity contribution in [1.82, 2.24) is 4.98 Å². The van der Waals surface area contributed by atoms with Crippen LogP contribution in [-0.2, 0) is 4.43 Å². The highest BCUT2D eigenvalue weighted by atomic mass is 28.4. The molecule has 3 heteroatoms. The molecule has 2 heterocycles. The molecule has 3 rings (SSSR count). The van der Waals surface area contributed by atoms with Crippen LogP contribution in [0.3, 0.4) is 0 Å². The molecule has 1 aromatic carbocycles. The third-order valence-electron chi connectivity index (χ3n) is 4.21. The molecule has 1 atom stereocenters. The van der Waals surface area contributed by atoms with Crippen LogP contribution < -0.4 is 5.19 Å². The van der Waals surface area contributed by atoms with E-state index in [1.807, 2.05) is 18.5 Å². The highest BCUT2D eigenvalue weighted by molar-refractivity contribution is 6.87. The van der Waals surface area contributed by atoms with Gasteiger partial charge < -0.3 is 4.43 Å². The fourth-order valence-corrected chi connectivity index (χ4v) is 6.65. The van der Waals surface area contributed by atoms with Crippen LogP contribution in [0, 0.1) is 0 Å². The van der Waals surface area contributed by atoms with Crippen LogP contribution in [0.2, 0.25) is 12.1 Å². The minimum Gasteiger partial charge on any atom is -0.401 e. The van der Waals surface area contributed by atoms with Crippen LogP contribution in [0.1, 0.15) is 31.1 Å². The van der Waals surface area contributed by atoms with Gasteiger partial charge in [-0.15, -0.1) is 0 Å². The van der Waals surface area contributed by atoms with Gasteiger partial charge in [-0.25, -0.2) is 0 Å². The Balaban J connectivity index is 2.12. The number of fused-ring (bicyclic) bond motifs is 1. The van der Waals surface area contributed by atoms with Crippen molar-refractivity contribution in [3.8, 4) is 0 Å². The Labute approximate surface area is 115 Å². The number of hydrogen-bond acceptors (Lipinski definition) is 2. The number of rotatable bonds is 3. The van der Waals surface area contributed by atoms with Gasteiger partial charge in [-0.05, 0) is 28.9 Å². The lowest BCUT2D eigenvalue weighted by Gasteiger charge is -2.25. The van der Waals surface area contributed by atoms with Crippen LogP contribution >= 0.6 is 0 Å². The predicted molar refractivity (Wildman–Crippen MR) is 80.0 cm³/mol. The summed E-state index contributed by atoms with van der Waals surface area (Å²) in [4.78, 5) is 4.24. The summed E-state index contributed by atoms with van der Waals surface area (Å²) in [6.07, 6.45) is 3.82. The molecule has 0 spiro atoms. The zero-order chi connectivity index (χ0) is 13.3. The van der Waals surface area contributed by atoms with E-state index < -0.39 is 8.32 Å². The first-order chi connectivity index (χ1) is 9.30. The van der Waals surface area contributed by atoms with Gasteiger partial charge in [0, 0.05) is 18.0 Å². The van der Waals surface area contributed by atoms with Crippen molar-refractivity contribution in [2.75, 3.05) is 0 Å². The molecule has 98 valence electrons. The molecule has 0 radical (unpaired) electrons. The summed E-state index contributed by atoms with van der Waals surface area (Å²) in [5, 5.41) is 1.48. The van der Waals surface area contributed by atoms with Gasteiger partial charge in [-0.2, -0.15) is 0 Å². The van der Waals surface area contributed by atoms with E-state index in [4.69, 9.17) is 4.43 Å². The molecule has 2 aromatic rings. The Bertz CT molecular complexity index is 566. The van der Waals surface area contributed by atoms with E-state index in [1.54, 1.807) is 0 Å². The molecule has 0 N–H and O–H groups in total. The van der Waals surface area contributed by atoms with Crippen LogP contribution in [-0.4, -0.2) is 13.3 Å². The average molecular weight is 269 g/mol. The third kappa shape index (κ3) is 1.93. The number of nitrogens with zero attached hydrogens (tertiary/aromatic N) is 1. The summed E-state index contributed by atoms with van der Waals surface area (Å²) in [7, 11) is -1.77. The van der Waals surface area contributed by atoms with Gasteiger partial charge >= 0.3 is 0 Å². The molecule has 1 aromatic heterocycles. The second-order valence-corrected chi connectivity index (χ2v) is 9.25. The molecule has 1 aliphatic heterocycles. The number of hydrogen-bond donors (Lipinski definition) is 0. The lowest BCUT2D eigenvalue weighted by molar-refractivity contribution is 0.252. The van der Waals surface area contributed by atoms with E-state index in [0.717, 1.165) is 12.1 Å². The topological polar surface area (TPSA) is 22.1 Å². The van der Waals surface area contributed by atoms with Crippen molar-refractivity contribution in [3.05, 3.63) is 59.9 Å². The Morgan fingerprint density at radius 2 is 1.89 bits per heavy atom. The maximum Gasteiger partial charge on any atom is 0.225 e. The molecule has 0 saturated heterocycles. The first kappa shape index (κ1) is 12.6. The van der Waals surface area contributed by atoms with Gasteiger partial charge in [-0.3, -0.25) is 4.98 Å². The molecule has 19 heavy (non-hydrogen) atoms. The summed E-state index contributed by atoms with van der Waals surface area (Å²) in [6.45, 7) is 4.52. The van der Waals surface area contributed by atoms with Crippen LogP contribution in [0.15, 0.2) is 48.8 Å². The number of benzene rings is 1. The second kappa shape index (κ2) is 4.91. The molecule has 0 fully saturated rings. The maximum absolute atomic E-state index is 6.60. The molecule has 0 bridgehead atoms. The van der Waals surface area contributed by atoms with Gasteiger partial charge in [0.15, 0.2) is 0 Å². The molecule has 0 aliphatic carbocycles. The fraction of sp³-hybridized carbons (Fsp3) is 0.312. The Hall–Kier alpha value is -1.45. The van der Waals surface area contributed by atoms with E-state index in [-0.39, 0.29) is 6.10 Å². The predicted octanol–water partition coefficient (Wildman–Crippen LogP) is 3.39. The lowest BCUT2D eigenvalue weighted by Crippen LogP contribution is -2.45. The smallest absolute Gasteiger partial charge is 0.225 e. The second-order valence-electron chi connectivity index (χ2n) is 5.07. The Morgan fingerprint density at radius 1 is 1.11 bits per heavy atom. The molecular weight excluding hydrogens is 250 g/mol. The van der Waals surface area contributed by atoms with Gasteiger partial charge in [0.1, 0.15) is 0 Å². The van der Waals surface area contributed by atoms with Gasteiger partial charge in [-0.1, -0.05) is 44.2 Å². The van der Waals surface area contributed by atoms with Crippen LogP contribution in [0.25, 0.3) is 0 Å². The highest BCUT2D eigenvalue weighted by Gasteiger charge is 2.45. The largest absolute Gasteiger partial charge is 0.401 e. The van der Waals surface area contributed by atoms with Gasteiger partial charge in [0.05, 0.1) is 6.10 Å². The first-order valence-corrected chi connectivity index (χ1v) is 9.30. The van der Waals surface area contributed by atoms with E-state index in [0.29, 0.717) is 0 Å². The summed E-state index contributed by atoms with van der Waals surface area (Å²) >= 11 is 0. The monoisotopic (exact) mass is 269 g/mol. The Kier molecular flexibility index (Phi) is 3.25. The molecule has 1 aliphatic rings. The normalized spacial score (nSPS) is 20.2. The highest BCUT2D eigenvalue weighted by Crippen LogP contribution is 2.38. The van der Waals surface area contributed by atoms with E-state index >= 15 is 0 Å². The van der Waals surface area contributed by atoms with Crippen LogP contribution in [0.4, 0.5) is 0 Å². The van der Waals surface area contributed by atoms with Crippen LogP contribution in [0.5, 0.6) is 0 Å². The van der Waals surface area contributed by atoms with Gasteiger partial charge in [0.2, 0.25) is 8.32 Å². The molecular formula is C16H19NOSi. The first-order valence-electron chi connectivity index (χ1n) is 6.98. The van der Waals surface area contributed by atoms with Crippen molar-refractivity contribution in [2.45, 2.75) is 32.0 Å². The van der Waals surface area contributed by atoms with E-state index in [9.17, 15) is 0 Å². The number of aromatic nitrogens is 1. The minimum atomic E-state index is -1.77. The molecule has 0 amide bonds. The maximum atomic E-state index is 6.60. The molecule has 0 unspecified atom stereocenters. The van der Waals surface area contributed by atoms with E-state index in [1.165, 1.54) is 16.3 Å². The standard InChI is InChI=1S/C16H19NOSi/c1-3-19(4-2)15-10-6-5-9-14(15)16(18-19)13-8-7-11-17-12-13/h5-12,16H,3-4H2,1-2H3/t16-/m0/s1. The quantitative estimate of drug-likeness (QED) is 0.797. The number of pyridine rings is 1. The fourth-order valence-electron chi connectivity index (χ4n) is 3.07. The third-order valence-corrected chi connectivity index (χ3v) is 8.62. The van der Waals surface area contributed by atoms with Gasteiger partial charge in [0.25, 0.3) is 0 Å². The minimum absolute atomic E-state index is 0.0801. The molecule has 0 saturated carbocycles. The van der Waals surface area contributed by atoms with Crippen molar-refractivity contribution in [2.24, 2.45) is 0 Å². The van der Waals surface area contributed by atoms with Crippen molar-refractivity contribution >= 4 is 13.5 Å². The summed E-state index contributed by atoms with van der Waals surface area (Å²) in [5.74, 6) is 0. The SMILES string of the molecule is CC[Si]1(CC)O[C@@H](c2cccnc2)c2ccccc21. The van der Waals surface area contributed by atoms with Crippen molar-refractivity contribution < 1.29 is 4.43 Å². The van der Waals surface area contributed by atoms with Crippen molar-refractivity contribution in [3.63, 3.8) is 0 Å². The lowest BCUT2D eigenvalue weighted by atomic mass is 10.0. The molecule has 2 nitrogen and oxygen atoms in total. The summed E-state index contributed by atoms with van der Waals surface area (Å²) in [6, 6.07) is 15.1. The van der Waals surface area contributed by atoms with Crippen molar-refractivity contribution in [1.29, 1.82) is 0 Å². The van der Waals surface area contributed by atoms with E-state index in [2.05, 4.69) is 49.2 Å². The summed E-state index contributed by atoms with van der Waals surface area (Å²) in [5.41, 5.74) is 2.53. The average Bonchev–Trinajstić information content (AvgIpc) is 2.84. The Morgan fingerprint density at radius 3 is 2.58 bits per heavy atom. The summed E-state index contributed by atoms with van der Waals surface area (Å²) < 4.78 is 6.60. The zero-order valence-electron chi connectivity index (χ0n) is 11.5. The zero-order valence-corrected chi connectivity index (χ0v) is 12.5.